The van der Waals surface area contributed by atoms with Gasteiger partial charge in [-0.15, -0.1) is 0 Å². The first-order valence-corrected chi connectivity index (χ1v) is 14.9. The van der Waals surface area contributed by atoms with E-state index >= 15 is 0 Å². The van der Waals surface area contributed by atoms with Gasteiger partial charge in [0.15, 0.2) is 5.60 Å². The summed E-state index contributed by atoms with van der Waals surface area (Å²) in [6, 6.07) is 21.6. The fourth-order valence-electron chi connectivity index (χ4n) is 5.60. The van der Waals surface area contributed by atoms with Crippen LogP contribution in [0.4, 0.5) is 0 Å². The molecule has 1 fully saturated rings. The second-order valence-corrected chi connectivity index (χ2v) is 11.9. The van der Waals surface area contributed by atoms with Crippen molar-refractivity contribution in [1.29, 1.82) is 0 Å². The van der Waals surface area contributed by atoms with Crippen molar-refractivity contribution in [2.45, 2.75) is 12.1 Å². The van der Waals surface area contributed by atoms with E-state index in [0.29, 0.717) is 27.8 Å². The first-order chi connectivity index (χ1) is 20.0. The van der Waals surface area contributed by atoms with E-state index in [4.69, 9.17) is 16.6 Å². The third-order valence-corrected chi connectivity index (χ3v) is 8.91. The molecule has 1 atom stereocenters. The molecular weight excluding hydrogens is 556 g/mol. The van der Waals surface area contributed by atoms with Gasteiger partial charge in [0.05, 0.1) is 29.4 Å². The predicted molar refractivity (Wildman–Crippen MR) is 161 cm³/mol. The molecule has 4 heterocycles. The van der Waals surface area contributed by atoms with Crippen LogP contribution in [0.3, 0.4) is 0 Å². The van der Waals surface area contributed by atoms with E-state index in [-0.39, 0.29) is 0 Å². The minimum atomic E-state index is -1.49. The minimum Gasteiger partial charge on any atom is -0.374 e. The van der Waals surface area contributed by atoms with Gasteiger partial charge in [-0.3, -0.25) is 4.90 Å². The number of tetrazole rings is 1. The molecule has 0 aliphatic carbocycles. The van der Waals surface area contributed by atoms with Crippen molar-refractivity contribution in [2.24, 2.45) is 7.05 Å². The number of rotatable bonds is 6. The zero-order valence-electron chi connectivity index (χ0n) is 22.4. The molecule has 0 saturated carbocycles. The van der Waals surface area contributed by atoms with E-state index < -0.39 is 5.60 Å². The highest BCUT2D eigenvalue weighted by Crippen LogP contribution is 2.39. The molecule has 9 nitrogen and oxygen atoms in total. The fourth-order valence-corrected chi connectivity index (χ4v) is 6.77. The topological polar surface area (TPSA) is 97.3 Å². The standard InChI is InChI=1S/C30H27ClN8OS/c1-37-19-32-17-27(37)30(40,22-7-5-20(6-8-22)18-38-11-13-41-14-12-38)23-9-10-26-25(16-23)28(21-3-2-4-24(31)15-21)33-29-34-35-36-39(26)29/h2-10,15-17,19,40H,11-14,18H2,1H3. The van der Waals surface area contributed by atoms with Gasteiger partial charge in [-0.1, -0.05) is 59.2 Å². The Morgan fingerprint density at radius 1 is 1.00 bits per heavy atom. The van der Waals surface area contributed by atoms with Crippen LogP contribution in [0.15, 0.2) is 79.3 Å². The van der Waals surface area contributed by atoms with Crippen LogP contribution in [0.2, 0.25) is 5.02 Å². The maximum absolute atomic E-state index is 12.7. The summed E-state index contributed by atoms with van der Waals surface area (Å²) in [6.07, 6.45) is 3.41. The first-order valence-electron chi connectivity index (χ1n) is 13.4. The van der Waals surface area contributed by atoms with Crippen LogP contribution in [0.1, 0.15) is 22.4 Å². The average molecular weight is 583 g/mol. The van der Waals surface area contributed by atoms with Crippen LogP contribution in [-0.2, 0) is 19.2 Å². The van der Waals surface area contributed by atoms with Gasteiger partial charge in [-0.2, -0.15) is 16.3 Å². The Balaban J connectivity index is 1.39. The number of aryl methyl sites for hydroxylation is 1. The molecule has 3 aromatic carbocycles. The highest BCUT2D eigenvalue weighted by Gasteiger charge is 2.37. The first kappa shape index (κ1) is 26.1. The van der Waals surface area contributed by atoms with E-state index in [0.717, 1.165) is 41.7 Å². The second kappa shape index (κ2) is 10.5. The van der Waals surface area contributed by atoms with Gasteiger partial charge in [0.25, 0.3) is 5.78 Å². The van der Waals surface area contributed by atoms with Crippen molar-refractivity contribution in [3.8, 4) is 11.3 Å². The Bertz CT molecular complexity index is 1860. The summed E-state index contributed by atoms with van der Waals surface area (Å²) in [5, 5.41) is 26.1. The molecule has 3 aromatic heterocycles. The molecule has 1 unspecified atom stereocenters. The van der Waals surface area contributed by atoms with Gasteiger partial charge in [0.1, 0.15) is 0 Å². The molecule has 0 spiro atoms. The van der Waals surface area contributed by atoms with Crippen molar-refractivity contribution in [3.63, 3.8) is 0 Å². The van der Waals surface area contributed by atoms with Crippen LogP contribution in [0.25, 0.3) is 27.9 Å². The lowest BCUT2D eigenvalue weighted by Crippen LogP contribution is -2.32. The van der Waals surface area contributed by atoms with Crippen LogP contribution in [0, 0.1) is 0 Å². The molecule has 206 valence electrons. The molecule has 41 heavy (non-hydrogen) atoms. The monoisotopic (exact) mass is 582 g/mol. The number of fused-ring (bicyclic) bond motifs is 3. The van der Waals surface area contributed by atoms with Gasteiger partial charge in [0.2, 0.25) is 0 Å². The van der Waals surface area contributed by atoms with E-state index in [1.54, 1.807) is 17.0 Å². The van der Waals surface area contributed by atoms with Crippen molar-refractivity contribution in [3.05, 3.63) is 107 Å². The van der Waals surface area contributed by atoms with Gasteiger partial charge in [-0.05, 0) is 51.4 Å². The number of thioether (sulfide) groups is 1. The van der Waals surface area contributed by atoms with Crippen molar-refractivity contribution in [1.82, 2.24) is 39.5 Å². The molecule has 1 aliphatic heterocycles. The van der Waals surface area contributed by atoms with E-state index in [2.05, 4.69) is 37.5 Å². The van der Waals surface area contributed by atoms with Crippen LogP contribution in [-0.4, -0.2) is 69.2 Å². The Morgan fingerprint density at radius 3 is 2.56 bits per heavy atom. The fraction of sp³-hybridized carbons (Fsp3) is 0.233. The molecular formula is C30H27ClN8OS. The lowest BCUT2D eigenvalue weighted by Gasteiger charge is -2.31. The molecule has 0 bridgehead atoms. The third-order valence-electron chi connectivity index (χ3n) is 7.73. The molecule has 1 aliphatic rings. The molecule has 0 amide bonds. The maximum atomic E-state index is 12.7. The number of halogens is 1. The normalized spacial score (nSPS) is 15.9. The third kappa shape index (κ3) is 4.66. The summed E-state index contributed by atoms with van der Waals surface area (Å²) >= 11 is 8.37. The van der Waals surface area contributed by atoms with Gasteiger partial charge < -0.3 is 9.67 Å². The lowest BCUT2D eigenvalue weighted by molar-refractivity contribution is 0.117. The molecule has 11 heteroatoms. The smallest absolute Gasteiger partial charge is 0.274 e. The van der Waals surface area contributed by atoms with Crippen LogP contribution >= 0.6 is 23.4 Å². The van der Waals surface area contributed by atoms with Crippen LogP contribution < -0.4 is 0 Å². The molecule has 0 radical (unpaired) electrons. The average Bonchev–Trinajstić information content (AvgIpc) is 3.66. The summed E-state index contributed by atoms with van der Waals surface area (Å²) in [5.41, 5.74) is 4.08. The van der Waals surface area contributed by atoms with Crippen molar-refractivity contribution < 1.29 is 5.11 Å². The number of hydrogen-bond donors (Lipinski definition) is 1. The Morgan fingerprint density at radius 2 is 1.80 bits per heavy atom. The summed E-state index contributed by atoms with van der Waals surface area (Å²) < 4.78 is 3.45. The Hall–Kier alpha value is -3.83. The largest absolute Gasteiger partial charge is 0.374 e. The zero-order valence-corrected chi connectivity index (χ0v) is 23.9. The number of aromatic nitrogens is 7. The van der Waals surface area contributed by atoms with Gasteiger partial charge in [-0.25, -0.2) is 9.97 Å². The van der Waals surface area contributed by atoms with E-state index in [9.17, 15) is 5.11 Å². The SMILES string of the molecule is Cn1cncc1C(O)(c1ccc(CN2CCSCC2)cc1)c1ccc2c(c1)c(-c1cccc(Cl)c1)nc1nnnn12. The number of imidazole rings is 1. The molecule has 7 rings (SSSR count). The number of benzene rings is 3. The van der Waals surface area contributed by atoms with Gasteiger partial charge >= 0.3 is 0 Å². The second-order valence-electron chi connectivity index (χ2n) is 10.3. The van der Waals surface area contributed by atoms with Crippen molar-refractivity contribution in [2.75, 3.05) is 24.6 Å². The molecule has 1 N–H and O–H groups in total. The number of nitrogens with zero attached hydrogens (tertiary/aromatic N) is 8. The maximum Gasteiger partial charge on any atom is 0.274 e. The van der Waals surface area contributed by atoms with E-state index in [1.807, 2.05) is 78.0 Å². The zero-order chi connectivity index (χ0) is 28.0. The minimum absolute atomic E-state index is 0.380. The summed E-state index contributed by atoms with van der Waals surface area (Å²) in [5.74, 6) is 2.72. The predicted octanol–water partition coefficient (Wildman–Crippen LogP) is 4.56. The summed E-state index contributed by atoms with van der Waals surface area (Å²) in [7, 11) is 1.89. The molecule has 1 saturated heterocycles. The Kier molecular flexibility index (Phi) is 6.70. The van der Waals surface area contributed by atoms with Gasteiger partial charge in [0, 0.05) is 54.2 Å². The quantitative estimate of drug-likeness (QED) is 0.305. The highest BCUT2D eigenvalue weighted by atomic mass is 35.5. The highest BCUT2D eigenvalue weighted by molar-refractivity contribution is 7.99. The number of hydrogen-bond acceptors (Lipinski definition) is 8. The lowest BCUT2D eigenvalue weighted by atomic mass is 9.82. The summed E-state index contributed by atoms with van der Waals surface area (Å²) in [6.45, 7) is 3.09. The molecule has 6 aromatic rings. The van der Waals surface area contributed by atoms with Crippen molar-refractivity contribution >= 4 is 40.0 Å². The number of aliphatic hydroxyl groups is 1. The van der Waals surface area contributed by atoms with E-state index in [1.165, 1.54) is 17.1 Å². The van der Waals surface area contributed by atoms with Crippen LogP contribution in [0.5, 0.6) is 0 Å². The Labute approximate surface area is 245 Å². The summed E-state index contributed by atoms with van der Waals surface area (Å²) in [4.78, 5) is 11.6.